The van der Waals surface area contributed by atoms with Crippen molar-refractivity contribution in [2.45, 2.75) is 38.5 Å². The van der Waals surface area contributed by atoms with Gasteiger partial charge in [-0.15, -0.1) is 0 Å². The van der Waals surface area contributed by atoms with Crippen molar-refractivity contribution in [3.05, 3.63) is 197 Å². The maximum atomic E-state index is 9.71. The van der Waals surface area contributed by atoms with Gasteiger partial charge < -0.3 is 14.7 Å². The molecular formula is C50H39N5. The highest BCUT2D eigenvalue weighted by molar-refractivity contribution is 5.94. The number of para-hydroxylation sites is 4. The minimum absolute atomic E-state index is 0.211. The Hall–Kier alpha value is -7.08. The van der Waals surface area contributed by atoms with Crippen molar-refractivity contribution in [3.63, 3.8) is 0 Å². The second-order valence-electron chi connectivity index (χ2n) is 15.3. The Bertz CT molecular complexity index is 2410. The van der Waals surface area contributed by atoms with Crippen LogP contribution >= 0.6 is 0 Å². The fraction of sp³-hybridized carbons (Fsp3) is 0.120. The van der Waals surface area contributed by atoms with Crippen LogP contribution in [0.3, 0.4) is 0 Å². The van der Waals surface area contributed by atoms with E-state index in [0.29, 0.717) is 11.1 Å². The second kappa shape index (κ2) is 12.8. The SMILES string of the molecule is CC1(C)c2ccccc2N(c2cc(N(c3ccc(C#N)cc3)c3ccc(C#N)cc3)cc(N3c4ccccc4C(C)(C)c4ccccc43)c2)c2ccccc21. The van der Waals surface area contributed by atoms with Crippen molar-refractivity contribution in [3.8, 4) is 12.1 Å². The Morgan fingerprint density at radius 1 is 0.400 bits per heavy atom. The smallest absolute Gasteiger partial charge is 0.0991 e. The number of fused-ring (bicyclic) bond motifs is 4. The maximum absolute atomic E-state index is 9.71. The molecule has 0 aliphatic carbocycles. The first-order valence-corrected chi connectivity index (χ1v) is 18.6. The number of benzene rings is 7. The molecule has 2 heterocycles. The normalized spacial score (nSPS) is 14.4. The van der Waals surface area contributed by atoms with Crippen LogP contribution in [0.4, 0.5) is 51.2 Å². The minimum atomic E-state index is -0.211. The highest BCUT2D eigenvalue weighted by atomic mass is 15.2. The molecule has 0 amide bonds. The van der Waals surface area contributed by atoms with Gasteiger partial charge in [0.15, 0.2) is 0 Å². The summed E-state index contributed by atoms with van der Waals surface area (Å²) in [6, 6.07) is 61.7. The average Bonchev–Trinajstić information content (AvgIpc) is 3.22. The first-order valence-electron chi connectivity index (χ1n) is 18.6. The Morgan fingerprint density at radius 2 is 0.709 bits per heavy atom. The zero-order valence-electron chi connectivity index (χ0n) is 31.3. The quantitative estimate of drug-likeness (QED) is 0.178. The van der Waals surface area contributed by atoms with Crippen LogP contribution in [-0.2, 0) is 10.8 Å². The van der Waals surface area contributed by atoms with E-state index in [1.807, 2.05) is 48.5 Å². The van der Waals surface area contributed by atoms with Gasteiger partial charge in [0.05, 0.1) is 63.1 Å². The van der Waals surface area contributed by atoms with Gasteiger partial charge in [-0.25, -0.2) is 0 Å². The number of rotatable bonds is 5. The molecule has 0 aromatic heterocycles. The van der Waals surface area contributed by atoms with Gasteiger partial charge in [-0.1, -0.05) is 100 Å². The summed E-state index contributed by atoms with van der Waals surface area (Å²) in [5.74, 6) is 0. The Labute approximate surface area is 323 Å². The van der Waals surface area contributed by atoms with E-state index in [4.69, 9.17) is 0 Å². The van der Waals surface area contributed by atoms with Crippen LogP contribution < -0.4 is 14.7 Å². The maximum Gasteiger partial charge on any atom is 0.0991 e. The first-order chi connectivity index (χ1) is 26.7. The van der Waals surface area contributed by atoms with Gasteiger partial charge in [-0.05, 0) is 113 Å². The molecule has 7 aromatic carbocycles. The lowest BCUT2D eigenvalue weighted by atomic mass is 9.73. The summed E-state index contributed by atoms with van der Waals surface area (Å²) in [5, 5.41) is 19.4. The molecule has 7 aromatic rings. The molecule has 0 spiro atoms. The molecule has 55 heavy (non-hydrogen) atoms. The van der Waals surface area contributed by atoms with Gasteiger partial charge in [0.1, 0.15) is 0 Å². The van der Waals surface area contributed by atoms with Crippen molar-refractivity contribution in [2.24, 2.45) is 0 Å². The molecule has 0 saturated carbocycles. The molecule has 0 N–H and O–H groups in total. The van der Waals surface area contributed by atoms with Gasteiger partial charge in [-0.2, -0.15) is 10.5 Å². The van der Waals surface area contributed by atoms with Crippen molar-refractivity contribution in [1.29, 1.82) is 10.5 Å². The van der Waals surface area contributed by atoms with E-state index in [9.17, 15) is 10.5 Å². The Kier molecular flexibility index (Phi) is 7.85. The molecule has 0 fully saturated rings. The van der Waals surface area contributed by atoms with Crippen molar-refractivity contribution >= 4 is 51.2 Å². The number of hydrogen-bond donors (Lipinski definition) is 0. The summed E-state index contributed by atoms with van der Waals surface area (Å²) < 4.78 is 0. The standard InChI is InChI=1S/C50H39N5/c1-49(2)41-13-5-9-17-45(41)54(46-18-10-6-14-42(46)49)39-29-38(53(36-25-21-34(32-51)22-26-36)37-27-23-35(33-52)24-28-37)30-40(31-39)55-47-19-11-7-15-43(47)50(3,4)44-16-8-12-20-48(44)55/h5-31H,1-4H3. The fourth-order valence-electron chi connectivity index (χ4n) is 8.68. The average molecular weight is 710 g/mol. The monoisotopic (exact) mass is 709 g/mol. The Morgan fingerprint density at radius 3 is 1.02 bits per heavy atom. The molecule has 0 saturated heterocycles. The predicted molar refractivity (Wildman–Crippen MR) is 224 cm³/mol. The van der Waals surface area contributed by atoms with Crippen molar-refractivity contribution < 1.29 is 0 Å². The van der Waals surface area contributed by atoms with Crippen molar-refractivity contribution in [2.75, 3.05) is 14.7 Å². The largest absolute Gasteiger partial charge is 0.310 e. The predicted octanol–water partition coefficient (Wildman–Crippen LogP) is 13.1. The molecule has 9 rings (SSSR count). The molecule has 5 heteroatoms. The summed E-state index contributed by atoms with van der Waals surface area (Å²) in [7, 11) is 0. The van der Waals surface area contributed by atoms with Gasteiger partial charge >= 0.3 is 0 Å². The van der Waals surface area contributed by atoms with E-state index >= 15 is 0 Å². The first kappa shape index (κ1) is 33.7. The second-order valence-corrected chi connectivity index (χ2v) is 15.3. The summed E-state index contributed by atoms with van der Waals surface area (Å²) in [6.45, 7) is 9.24. The van der Waals surface area contributed by atoms with E-state index in [-0.39, 0.29) is 10.8 Å². The van der Waals surface area contributed by atoms with Gasteiger partial charge in [0.25, 0.3) is 0 Å². The number of nitrogens with zero attached hydrogens (tertiary/aromatic N) is 5. The molecule has 0 unspecified atom stereocenters. The number of nitriles is 2. The molecular weight excluding hydrogens is 671 g/mol. The third kappa shape index (κ3) is 5.36. The topological polar surface area (TPSA) is 57.3 Å². The van der Waals surface area contributed by atoms with Crippen LogP contribution in [0, 0.1) is 22.7 Å². The molecule has 5 nitrogen and oxygen atoms in total. The molecule has 0 radical (unpaired) electrons. The van der Waals surface area contributed by atoms with E-state index in [1.165, 1.54) is 22.3 Å². The van der Waals surface area contributed by atoms with Crippen LogP contribution in [0.2, 0.25) is 0 Å². The molecule has 2 aliphatic heterocycles. The molecule has 0 atom stereocenters. The third-order valence-corrected chi connectivity index (χ3v) is 11.4. The van der Waals surface area contributed by atoms with Crippen LogP contribution in [0.25, 0.3) is 0 Å². The van der Waals surface area contributed by atoms with Crippen LogP contribution in [-0.4, -0.2) is 0 Å². The number of hydrogen-bond acceptors (Lipinski definition) is 5. The fourth-order valence-corrected chi connectivity index (χ4v) is 8.68. The van der Waals surface area contributed by atoms with Crippen LogP contribution in [0.1, 0.15) is 61.1 Å². The minimum Gasteiger partial charge on any atom is -0.310 e. The van der Waals surface area contributed by atoms with Gasteiger partial charge in [-0.3, -0.25) is 0 Å². The molecule has 2 aliphatic rings. The summed E-state index contributed by atoms with van der Waals surface area (Å²) in [4.78, 5) is 7.03. The third-order valence-electron chi connectivity index (χ3n) is 11.4. The highest BCUT2D eigenvalue weighted by Crippen LogP contribution is 2.56. The lowest BCUT2D eigenvalue weighted by molar-refractivity contribution is 0.631. The van der Waals surface area contributed by atoms with Crippen LogP contribution in [0.15, 0.2) is 164 Å². The van der Waals surface area contributed by atoms with E-state index in [2.05, 4.69) is 170 Å². The number of anilines is 9. The molecule has 264 valence electrons. The zero-order valence-corrected chi connectivity index (χ0v) is 31.3. The summed E-state index contributed by atoms with van der Waals surface area (Å²) >= 11 is 0. The zero-order chi connectivity index (χ0) is 37.9. The lowest BCUT2D eigenvalue weighted by Gasteiger charge is -2.44. The van der Waals surface area contributed by atoms with Crippen molar-refractivity contribution in [1.82, 2.24) is 0 Å². The molecule has 0 bridgehead atoms. The van der Waals surface area contributed by atoms with E-state index in [0.717, 1.165) is 51.2 Å². The van der Waals surface area contributed by atoms with E-state index in [1.54, 1.807) is 0 Å². The van der Waals surface area contributed by atoms with Gasteiger partial charge in [0.2, 0.25) is 0 Å². The van der Waals surface area contributed by atoms with Crippen LogP contribution in [0.5, 0.6) is 0 Å². The van der Waals surface area contributed by atoms with Gasteiger partial charge in [0, 0.05) is 22.2 Å². The summed E-state index contributed by atoms with van der Waals surface area (Å²) in [6.07, 6.45) is 0. The van der Waals surface area contributed by atoms with E-state index < -0.39 is 0 Å². The highest BCUT2D eigenvalue weighted by Gasteiger charge is 2.39. The summed E-state index contributed by atoms with van der Waals surface area (Å²) in [5.41, 5.74) is 15.1. The lowest BCUT2D eigenvalue weighted by Crippen LogP contribution is -2.31. The Balaban J connectivity index is 1.36.